The maximum Gasteiger partial charge on any atom is 0.272 e. The number of halogens is 4. The highest BCUT2D eigenvalue weighted by Gasteiger charge is 2.11. The summed E-state index contributed by atoms with van der Waals surface area (Å²) in [6, 6.07) is 16.4. The maximum atomic E-state index is 12.2. The van der Waals surface area contributed by atoms with Crippen molar-refractivity contribution in [3.63, 3.8) is 0 Å². The highest BCUT2D eigenvalue weighted by molar-refractivity contribution is 9.11. The molecule has 0 aliphatic heterocycles. The van der Waals surface area contributed by atoms with E-state index in [0.717, 1.165) is 25.6 Å². The number of benzene rings is 3. The number of carbonyl (C=O) groups excluding carboxylic acids is 1. The van der Waals surface area contributed by atoms with Crippen LogP contribution in [0.4, 0.5) is 0 Å². The largest absolute Gasteiger partial charge is 0.486 e. The molecule has 0 radical (unpaired) electrons. The van der Waals surface area contributed by atoms with Gasteiger partial charge in [0.05, 0.1) is 25.7 Å². The van der Waals surface area contributed by atoms with Crippen LogP contribution in [-0.4, -0.2) is 12.1 Å². The van der Waals surface area contributed by atoms with E-state index < -0.39 is 0 Å². The van der Waals surface area contributed by atoms with Gasteiger partial charge < -0.3 is 4.74 Å². The normalized spacial score (nSPS) is 11.0. The quantitative estimate of drug-likeness (QED) is 0.252. The second-order valence-electron chi connectivity index (χ2n) is 6.38. The molecule has 30 heavy (non-hydrogen) atoms. The standard InChI is InChI=1S/C22H16Br2Cl2N2O2/c1-13-6-7-16(20(26)8-13)22(29)28-27-11-14-9-17(23)21(18(24)10-14)30-12-15-4-2-3-5-19(15)25/h2-11H,12H2,1H3,(H,28,29)/b27-11-. The van der Waals surface area contributed by atoms with Gasteiger partial charge in [0, 0.05) is 10.6 Å². The van der Waals surface area contributed by atoms with Crippen molar-refractivity contribution in [3.05, 3.63) is 95.8 Å². The van der Waals surface area contributed by atoms with Crippen LogP contribution in [-0.2, 0) is 6.61 Å². The molecule has 3 aromatic carbocycles. The molecule has 0 saturated heterocycles. The van der Waals surface area contributed by atoms with E-state index in [2.05, 4.69) is 42.4 Å². The summed E-state index contributed by atoms with van der Waals surface area (Å²) in [6.45, 7) is 2.24. The first kappa shape index (κ1) is 22.8. The number of hydrogen-bond acceptors (Lipinski definition) is 3. The second-order valence-corrected chi connectivity index (χ2v) is 8.90. The summed E-state index contributed by atoms with van der Waals surface area (Å²) in [5.41, 5.74) is 5.48. The summed E-state index contributed by atoms with van der Waals surface area (Å²) in [5, 5.41) is 5.05. The average molecular weight is 571 g/mol. The SMILES string of the molecule is Cc1ccc(C(=O)N/N=C\c2cc(Br)c(OCc3ccccc3Cl)c(Br)c2)c(Cl)c1. The number of rotatable bonds is 6. The number of hydrazone groups is 1. The molecule has 4 nitrogen and oxygen atoms in total. The summed E-state index contributed by atoms with van der Waals surface area (Å²) < 4.78 is 7.37. The summed E-state index contributed by atoms with van der Waals surface area (Å²) >= 11 is 19.3. The Hall–Kier alpha value is -1.86. The van der Waals surface area contributed by atoms with Gasteiger partial charge in [-0.15, -0.1) is 0 Å². The summed E-state index contributed by atoms with van der Waals surface area (Å²) in [7, 11) is 0. The fourth-order valence-electron chi connectivity index (χ4n) is 2.59. The van der Waals surface area contributed by atoms with Crippen molar-refractivity contribution in [2.45, 2.75) is 13.5 Å². The van der Waals surface area contributed by atoms with Crippen molar-refractivity contribution in [2.75, 3.05) is 0 Å². The molecule has 0 saturated carbocycles. The van der Waals surface area contributed by atoms with E-state index in [1.807, 2.05) is 49.4 Å². The Morgan fingerprint density at radius 3 is 2.43 bits per heavy atom. The molecule has 154 valence electrons. The zero-order valence-corrected chi connectivity index (χ0v) is 20.4. The van der Waals surface area contributed by atoms with Crippen LogP contribution in [0.3, 0.4) is 0 Å². The summed E-state index contributed by atoms with van der Waals surface area (Å²) in [5.74, 6) is 0.261. The Morgan fingerprint density at radius 1 is 1.07 bits per heavy atom. The highest BCUT2D eigenvalue weighted by Crippen LogP contribution is 2.35. The third-order valence-electron chi connectivity index (χ3n) is 4.10. The number of amides is 1. The van der Waals surface area contributed by atoms with Gasteiger partial charge in [0.15, 0.2) is 0 Å². The van der Waals surface area contributed by atoms with Crippen LogP contribution < -0.4 is 10.2 Å². The molecule has 0 bridgehead atoms. The Balaban J connectivity index is 1.67. The molecule has 0 aliphatic carbocycles. The van der Waals surface area contributed by atoms with Crippen LogP contribution >= 0.6 is 55.1 Å². The van der Waals surface area contributed by atoms with Crippen LogP contribution in [0.15, 0.2) is 68.6 Å². The summed E-state index contributed by atoms with van der Waals surface area (Å²) in [6.07, 6.45) is 1.54. The fourth-order valence-corrected chi connectivity index (χ4v) is 4.55. The van der Waals surface area contributed by atoms with Gasteiger partial charge >= 0.3 is 0 Å². The number of ether oxygens (including phenoxy) is 1. The van der Waals surface area contributed by atoms with Gasteiger partial charge in [-0.3, -0.25) is 4.79 Å². The molecule has 1 N–H and O–H groups in total. The lowest BCUT2D eigenvalue weighted by molar-refractivity contribution is 0.0955. The molecule has 0 fully saturated rings. The first-order chi connectivity index (χ1) is 14.3. The Labute approximate surface area is 201 Å². The minimum absolute atomic E-state index is 0.331. The molecule has 8 heteroatoms. The minimum Gasteiger partial charge on any atom is -0.486 e. The van der Waals surface area contributed by atoms with Crippen LogP contribution in [0.25, 0.3) is 0 Å². The van der Waals surface area contributed by atoms with E-state index in [-0.39, 0.29) is 5.91 Å². The molecule has 0 heterocycles. The highest BCUT2D eigenvalue weighted by atomic mass is 79.9. The van der Waals surface area contributed by atoms with Crippen LogP contribution in [0.1, 0.15) is 27.0 Å². The molecule has 1 amide bonds. The van der Waals surface area contributed by atoms with Crippen LogP contribution in [0, 0.1) is 6.92 Å². The number of aryl methyl sites for hydroxylation is 1. The van der Waals surface area contributed by atoms with Crippen molar-refractivity contribution in [1.29, 1.82) is 0 Å². The van der Waals surface area contributed by atoms with E-state index in [1.165, 1.54) is 6.21 Å². The van der Waals surface area contributed by atoms with Gasteiger partial charge in [-0.25, -0.2) is 5.43 Å². The molecule has 0 atom stereocenters. The smallest absolute Gasteiger partial charge is 0.272 e. The lowest BCUT2D eigenvalue weighted by Crippen LogP contribution is -2.18. The monoisotopic (exact) mass is 568 g/mol. The van der Waals surface area contributed by atoms with Crippen LogP contribution in [0.2, 0.25) is 10.0 Å². The third kappa shape index (κ3) is 5.85. The van der Waals surface area contributed by atoms with Crippen molar-refractivity contribution < 1.29 is 9.53 Å². The van der Waals surface area contributed by atoms with E-state index in [9.17, 15) is 4.79 Å². The van der Waals surface area contributed by atoms with Gasteiger partial charge in [0.25, 0.3) is 5.91 Å². The van der Waals surface area contributed by atoms with Gasteiger partial charge in [0.2, 0.25) is 0 Å². The Morgan fingerprint density at radius 2 is 1.77 bits per heavy atom. The number of carbonyl (C=O) groups is 1. The van der Waals surface area contributed by atoms with Crippen molar-refractivity contribution >= 4 is 67.2 Å². The predicted octanol–water partition coefficient (Wildman–Crippen LogP) is 7.17. The lowest BCUT2D eigenvalue weighted by Gasteiger charge is -2.12. The second kappa shape index (κ2) is 10.4. The molecule has 0 spiro atoms. The Bertz CT molecular complexity index is 1100. The molecule has 3 rings (SSSR count). The van der Waals surface area contributed by atoms with Crippen molar-refractivity contribution in [1.82, 2.24) is 5.43 Å². The molecular formula is C22H16Br2Cl2N2O2. The lowest BCUT2D eigenvalue weighted by atomic mass is 10.1. The Kier molecular flexibility index (Phi) is 7.94. The molecule has 0 unspecified atom stereocenters. The zero-order valence-electron chi connectivity index (χ0n) is 15.8. The van der Waals surface area contributed by atoms with Crippen LogP contribution in [0.5, 0.6) is 5.75 Å². The molecule has 0 aliphatic rings. The van der Waals surface area contributed by atoms with E-state index in [1.54, 1.807) is 12.1 Å². The average Bonchev–Trinajstić information content (AvgIpc) is 2.68. The van der Waals surface area contributed by atoms with Crippen molar-refractivity contribution in [3.8, 4) is 5.75 Å². The minimum atomic E-state index is -0.380. The van der Waals surface area contributed by atoms with Gasteiger partial charge in [-0.05, 0) is 80.2 Å². The maximum absolute atomic E-state index is 12.2. The topological polar surface area (TPSA) is 50.7 Å². The first-order valence-electron chi connectivity index (χ1n) is 8.80. The molecule has 3 aromatic rings. The number of nitrogens with one attached hydrogen (secondary N) is 1. The zero-order chi connectivity index (χ0) is 21.7. The fraction of sp³-hybridized carbons (Fsp3) is 0.0909. The third-order valence-corrected chi connectivity index (χ3v) is 5.96. The first-order valence-corrected chi connectivity index (χ1v) is 11.1. The van der Waals surface area contributed by atoms with E-state index in [4.69, 9.17) is 27.9 Å². The predicted molar refractivity (Wildman–Crippen MR) is 129 cm³/mol. The van der Waals surface area contributed by atoms with Gasteiger partial charge in [-0.2, -0.15) is 5.10 Å². The van der Waals surface area contributed by atoms with E-state index >= 15 is 0 Å². The number of hydrogen-bond donors (Lipinski definition) is 1. The van der Waals surface area contributed by atoms with Gasteiger partial charge in [0.1, 0.15) is 12.4 Å². The summed E-state index contributed by atoms with van der Waals surface area (Å²) in [4.78, 5) is 12.2. The van der Waals surface area contributed by atoms with Gasteiger partial charge in [-0.1, -0.05) is 47.5 Å². The molecule has 0 aromatic heterocycles. The molecular weight excluding hydrogens is 555 g/mol. The van der Waals surface area contributed by atoms with Crippen molar-refractivity contribution in [2.24, 2.45) is 5.10 Å². The number of nitrogens with zero attached hydrogens (tertiary/aromatic N) is 1. The van der Waals surface area contributed by atoms with E-state index in [0.29, 0.717) is 28.0 Å².